The Balaban J connectivity index is 1.05. The van der Waals surface area contributed by atoms with Gasteiger partial charge in [-0.3, -0.25) is 0 Å². The lowest BCUT2D eigenvalue weighted by molar-refractivity contribution is -0.0787. The molecule has 61 heavy (non-hydrogen) atoms. The highest BCUT2D eigenvalue weighted by Gasteiger charge is 2.53. The number of aromatic nitrogens is 6. The van der Waals surface area contributed by atoms with Gasteiger partial charge in [-0.15, -0.1) is 0 Å². The molecule has 2 unspecified atom stereocenters. The minimum Gasteiger partial charge on any atom is -0.493 e. The maximum atomic E-state index is 15.9. The third kappa shape index (κ3) is 8.20. The average Bonchev–Trinajstić information content (AvgIpc) is 4.01. The highest BCUT2D eigenvalue weighted by Crippen LogP contribution is 2.52. The summed E-state index contributed by atoms with van der Waals surface area (Å²) in [6.07, 6.45) is 4.17. The van der Waals surface area contributed by atoms with Gasteiger partial charge in [0.25, 0.3) is 0 Å². The number of hydrogen-bond acceptors (Lipinski definition) is 9. The number of anilines is 2. The van der Waals surface area contributed by atoms with E-state index in [1.807, 2.05) is 45.9 Å². The minimum atomic E-state index is -3.26. The molecule has 0 bridgehead atoms. The van der Waals surface area contributed by atoms with Crippen LogP contribution in [0.3, 0.4) is 0 Å². The van der Waals surface area contributed by atoms with Crippen LogP contribution in [0.15, 0.2) is 66.2 Å². The van der Waals surface area contributed by atoms with Gasteiger partial charge in [0.15, 0.2) is 0 Å². The number of piperazine rings is 1. The lowest BCUT2D eigenvalue weighted by Gasteiger charge is -2.43. The number of ether oxygens (including phenoxy) is 2. The molecule has 7 rings (SSSR count). The molecule has 328 valence electrons. The van der Waals surface area contributed by atoms with Gasteiger partial charge in [-0.05, 0) is 133 Å². The van der Waals surface area contributed by atoms with Crippen molar-refractivity contribution in [3.8, 4) is 11.4 Å². The van der Waals surface area contributed by atoms with Gasteiger partial charge in [-0.2, -0.15) is 10.2 Å². The minimum absolute atomic E-state index is 0.0863. The van der Waals surface area contributed by atoms with E-state index in [0.29, 0.717) is 65.5 Å². The zero-order valence-corrected chi connectivity index (χ0v) is 36.6. The van der Waals surface area contributed by atoms with E-state index in [4.69, 9.17) is 17.7 Å². The fourth-order valence-corrected chi connectivity index (χ4v) is 9.44. The van der Waals surface area contributed by atoms with Crippen molar-refractivity contribution in [3.63, 3.8) is 0 Å². The van der Waals surface area contributed by atoms with Gasteiger partial charge >= 0.3 is 5.69 Å². The van der Waals surface area contributed by atoms with Gasteiger partial charge in [0, 0.05) is 62.8 Å². The van der Waals surface area contributed by atoms with Gasteiger partial charge in [-0.1, -0.05) is 20.7 Å². The third-order valence-electron chi connectivity index (χ3n) is 12.6. The summed E-state index contributed by atoms with van der Waals surface area (Å²) in [4.78, 5) is 22.7. The molecule has 1 N–H and O–H groups in total. The molecule has 3 aromatic carbocycles. The first-order valence-electron chi connectivity index (χ1n) is 24.2. The van der Waals surface area contributed by atoms with Crippen molar-refractivity contribution in [2.75, 3.05) is 36.0 Å². The molecule has 0 saturated carbocycles. The molecule has 12 nitrogen and oxygen atoms in total. The molecule has 2 aliphatic rings. The first-order valence-corrected chi connectivity index (χ1v) is 20.7. The molecule has 0 amide bonds. The molecule has 2 fully saturated rings. The van der Waals surface area contributed by atoms with Gasteiger partial charge in [0.2, 0.25) is 0 Å². The molecule has 14 heteroatoms. The predicted octanol–water partition coefficient (Wildman–Crippen LogP) is 8.17. The van der Waals surface area contributed by atoms with Crippen LogP contribution in [0.25, 0.3) is 5.69 Å². The van der Waals surface area contributed by atoms with Crippen molar-refractivity contribution in [1.29, 1.82) is 0 Å². The third-order valence-corrected chi connectivity index (χ3v) is 12.6. The van der Waals surface area contributed by atoms with E-state index in [1.54, 1.807) is 37.0 Å². The van der Waals surface area contributed by atoms with Gasteiger partial charge in [0.05, 0.1) is 37.4 Å². The van der Waals surface area contributed by atoms with E-state index in [9.17, 15) is 15.7 Å². The van der Waals surface area contributed by atoms with Crippen LogP contribution < -0.4 is 20.2 Å². The fraction of sp³-hybridized carbons (Fsp3) is 0.532. The summed E-state index contributed by atoms with van der Waals surface area (Å²) >= 11 is 0. The molecule has 0 radical (unpaired) electrons. The van der Waals surface area contributed by atoms with Crippen LogP contribution in [0, 0.1) is 50.7 Å². The topological polar surface area (TPSA) is 116 Å². The predicted molar refractivity (Wildman–Crippen MR) is 234 cm³/mol. The Morgan fingerprint density at radius 3 is 2.38 bits per heavy atom. The Labute approximate surface area is 368 Å². The molecular formula is C47H62F2N8O4. The number of rotatable bonds is 11. The van der Waals surface area contributed by atoms with E-state index in [-0.39, 0.29) is 18.1 Å². The lowest BCUT2D eigenvalue weighted by atomic mass is 9.78. The Hall–Kier alpha value is -5.08. The second-order valence-corrected chi connectivity index (χ2v) is 17.7. The number of aliphatic hydroxyl groups is 1. The molecule has 5 aromatic rings. The van der Waals surface area contributed by atoms with E-state index in [2.05, 4.69) is 38.0 Å². The summed E-state index contributed by atoms with van der Waals surface area (Å²) in [6.45, 7) is 12.5. The van der Waals surface area contributed by atoms with Crippen LogP contribution in [-0.2, 0) is 10.3 Å². The smallest absolute Gasteiger partial charge is 0.350 e. The molecule has 7 atom stereocenters. The van der Waals surface area contributed by atoms with Crippen molar-refractivity contribution in [2.24, 2.45) is 11.3 Å². The van der Waals surface area contributed by atoms with E-state index in [0.717, 1.165) is 60.2 Å². The summed E-state index contributed by atoms with van der Waals surface area (Å²) in [5.41, 5.74) is -2.15. The lowest BCUT2D eigenvalue weighted by Crippen LogP contribution is -2.52. The fourth-order valence-electron chi connectivity index (χ4n) is 9.44. The molecule has 0 aliphatic carbocycles. The highest BCUT2D eigenvalue weighted by atomic mass is 19.1. The summed E-state index contributed by atoms with van der Waals surface area (Å²) in [6, 6.07) is 9.05. The zero-order valence-electron chi connectivity index (χ0n) is 43.6. The second-order valence-electron chi connectivity index (χ2n) is 17.7. The first-order chi connectivity index (χ1) is 31.5. The molecule has 2 aromatic heterocycles. The molecule has 0 spiro atoms. The number of benzene rings is 3. The van der Waals surface area contributed by atoms with Crippen molar-refractivity contribution >= 4 is 11.4 Å². The number of halogens is 2. The van der Waals surface area contributed by atoms with Crippen LogP contribution in [0.2, 0.25) is 0 Å². The van der Waals surface area contributed by atoms with Crippen molar-refractivity contribution < 1.29 is 33.0 Å². The summed E-state index contributed by atoms with van der Waals surface area (Å²) in [7, 11) is 0. The van der Waals surface area contributed by atoms with E-state index in [1.165, 1.54) is 6.33 Å². The zero-order chi connectivity index (χ0) is 50.3. The summed E-state index contributed by atoms with van der Waals surface area (Å²) in [5, 5.41) is 19.8. The van der Waals surface area contributed by atoms with E-state index >= 15 is 4.39 Å². The van der Waals surface area contributed by atoms with Crippen molar-refractivity contribution in [1.82, 2.24) is 29.1 Å². The first kappa shape index (κ1) is 35.5. The molecule has 4 heterocycles. The van der Waals surface area contributed by atoms with E-state index < -0.39 is 59.7 Å². The molecule has 2 aliphatic heterocycles. The van der Waals surface area contributed by atoms with Gasteiger partial charge in [-0.25, -0.2) is 32.5 Å². The largest absolute Gasteiger partial charge is 0.493 e. The van der Waals surface area contributed by atoms with Gasteiger partial charge < -0.3 is 24.4 Å². The maximum absolute atomic E-state index is 15.9. The summed E-state index contributed by atoms with van der Waals surface area (Å²) in [5.74, 6) is -0.695. The second kappa shape index (κ2) is 16.3. The molecular weight excluding hydrogens is 779 g/mol. The Bertz CT molecular complexity index is 2700. The SMILES string of the molecule is [2H]C([2H])([2H])C(C)(C)[C@]([2H])(n1ncn(-c2ccc(N3CCN(c4ccc(OC[C@H]5C[C@@](c6c(F)cc(F)c(C)c6C)([C@H](C)n6cncn6)OC5C)c(C)c4)C(C)C3)c(C)c2)c1=O)[C@@](C)(O)C([2H])([2H])[2H]. The number of hydrogen-bond donors (Lipinski definition) is 1. The summed E-state index contributed by atoms with van der Waals surface area (Å²) < 4.78 is 105. The Morgan fingerprint density at radius 1 is 0.984 bits per heavy atom. The standard InChI is InChI=1S/C47H62F2N8O4/c1-28-19-37(55-27-52-57(44(55)58)43(45(8,9)10)46(11,12)59)13-15-40(28)53-17-18-54(30(3)23-53)36-14-16-41(29(2)20-36)60-24-35-22-47(61-33(35)6,34(7)56-26-50-25-51-56)42-32(5)31(4)38(48)21-39(42)49/h13-16,19-21,25-27,30,33-35,43,59H,17-18,22-24H2,1-12H3/t30?,33?,34-,35+,43-,47-/m0/s1/i8D3,11D3,43D/t30?,33?,34-,35+,43-,46+,47-. The Morgan fingerprint density at radius 2 is 1.72 bits per heavy atom. The number of nitrogens with zero attached hydrogens (tertiary/aromatic N) is 8. The highest BCUT2D eigenvalue weighted by molar-refractivity contribution is 5.60. The van der Waals surface area contributed by atoms with Crippen molar-refractivity contribution in [3.05, 3.63) is 111 Å². The normalized spacial score (nSPS) is 25.6. The van der Waals surface area contributed by atoms with Crippen LogP contribution in [0.1, 0.15) is 111 Å². The van der Waals surface area contributed by atoms with Crippen LogP contribution in [-0.4, -0.2) is 78.2 Å². The van der Waals surface area contributed by atoms with Crippen LogP contribution in [0.4, 0.5) is 20.2 Å². The number of aryl methyl sites for hydroxylation is 2. The average molecular weight is 848 g/mol. The van der Waals surface area contributed by atoms with Crippen LogP contribution >= 0.6 is 0 Å². The quantitative estimate of drug-likeness (QED) is 0.141. The molecule has 2 saturated heterocycles. The van der Waals surface area contributed by atoms with Crippen LogP contribution in [0.5, 0.6) is 5.75 Å². The monoisotopic (exact) mass is 848 g/mol. The van der Waals surface area contributed by atoms with Gasteiger partial charge in [0.1, 0.15) is 42.0 Å². The Kier molecular flexibility index (Phi) is 9.50. The van der Waals surface area contributed by atoms with Crippen molar-refractivity contribution in [2.45, 2.75) is 125 Å². The maximum Gasteiger partial charge on any atom is 0.350 e.